The van der Waals surface area contributed by atoms with Crippen molar-refractivity contribution in [1.29, 1.82) is 5.26 Å². The standard InChI is InChI=1S/C17H22N2O2/c1-13-4-2-3-5-16(13)21-11-10-19-17(20)15-8-6-14(12-18)7-9-15/h6-9,13,16H,2-5,10-11H2,1H3,(H,19,20)/t13-,16+/m0/s1. The molecule has 21 heavy (non-hydrogen) atoms. The highest BCUT2D eigenvalue weighted by Gasteiger charge is 2.21. The minimum atomic E-state index is -0.125. The third-order valence-electron chi connectivity index (χ3n) is 4.03. The Bertz CT molecular complexity index is 505. The SMILES string of the molecule is C[C@H]1CCCC[C@H]1OCCNC(=O)c1ccc(C#N)cc1. The van der Waals surface area contributed by atoms with Crippen molar-refractivity contribution < 1.29 is 9.53 Å². The molecule has 1 N–H and O–H groups in total. The molecule has 0 saturated heterocycles. The molecule has 1 aliphatic rings. The summed E-state index contributed by atoms with van der Waals surface area (Å²) in [5.41, 5.74) is 1.13. The summed E-state index contributed by atoms with van der Waals surface area (Å²) in [5, 5.41) is 11.6. The Balaban J connectivity index is 1.70. The summed E-state index contributed by atoms with van der Waals surface area (Å²) in [4.78, 5) is 11.9. The molecule has 1 aromatic rings. The zero-order valence-corrected chi connectivity index (χ0v) is 12.5. The van der Waals surface area contributed by atoms with Gasteiger partial charge in [0.25, 0.3) is 5.91 Å². The topological polar surface area (TPSA) is 62.1 Å². The van der Waals surface area contributed by atoms with E-state index < -0.39 is 0 Å². The number of nitriles is 1. The molecule has 112 valence electrons. The summed E-state index contributed by atoms with van der Waals surface area (Å²) in [6.07, 6.45) is 5.25. The van der Waals surface area contributed by atoms with Crippen LogP contribution < -0.4 is 5.32 Å². The zero-order chi connectivity index (χ0) is 15.1. The molecule has 1 saturated carbocycles. The normalized spacial score (nSPS) is 21.5. The van der Waals surface area contributed by atoms with Gasteiger partial charge in [-0.2, -0.15) is 5.26 Å². The Labute approximate surface area is 126 Å². The van der Waals surface area contributed by atoms with Crippen molar-refractivity contribution >= 4 is 5.91 Å². The van der Waals surface area contributed by atoms with Crippen LogP contribution in [0.5, 0.6) is 0 Å². The van der Waals surface area contributed by atoms with Crippen molar-refractivity contribution in [2.75, 3.05) is 13.2 Å². The summed E-state index contributed by atoms with van der Waals surface area (Å²) >= 11 is 0. The Morgan fingerprint density at radius 1 is 1.33 bits per heavy atom. The number of benzene rings is 1. The van der Waals surface area contributed by atoms with Gasteiger partial charge in [0.1, 0.15) is 0 Å². The van der Waals surface area contributed by atoms with Crippen molar-refractivity contribution in [2.45, 2.75) is 38.7 Å². The largest absolute Gasteiger partial charge is 0.376 e. The first-order valence-electron chi connectivity index (χ1n) is 7.60. The number of carbonyl (C=O) groups excluding carboxylic acids is 1. The maximum absolute atomic E-state index is 11.9. The average Bonchev–Trinajstić information content (AvgIpc) is 2.53. The lowest BCUT2D eigenvalue weighted by Gasteiger charge is -2.28. The third-order valence-corrected chi connectivity index (χ3v) is 4.03. The van der Waals surface area contributed by atoms with Crippen LogP contribution in [0, 0.1) is 17.2 Å². The highest BCUT2D eigenvalue weighted by molar-refractivity contribution is 5.94. The molecular weight excluding hydrogens is 264 g/mol. The van der Waals surface area contributed by atoms with Crippen LogP contribution in [0.1, 0.15) is 48.5 Å². The number of hydrogen-bond donors (Lipinski definition) is 1. The number of amides is 1. The fourth-order valence-corrected chi connectivity index (χ4v) is 2.70. The van der Waals surface area contributed by atoms with Gasteiger partial charge in [-0.3, -0.25) is 4.79 Å². The van der Waals surface area contributed by atoms with Gasteiger partial charge in [-0.1, -0.05) is 19.8 Å². The lowest BCUT2D eigenvalue weighted by molar-refractivity contribution is -0.00293. The Kier molecular flexibility index (Phi) is 5.77. The predicted molar refractivity (Wildman–Crippen MR) is 80.9 cm³/mol. The molecule has 1 fully saturated rings. The van der Waals surface area contributed by atoms with Gasteiger partial charge in [0, 0.05) is 12.1 Å². The van der Waals surface area contributed by atoms with Crippen molar-refractivity contribution in [3.05, 3.63) is 35.4 Å². The van der Waals surface area contributed by atoms with E-state index in [9.17, 15) is 4.79 Å². The van der Waals surface area contributed by atoms with Gasteiger partial charge < -0.3 is 10.1 Å². The van der Waals surface area contributed by atoms with Crippen LogP contribution in [0.25, 0.3) is 0 Å². The molecule has 0 radical (unpaired) electrons. The quantitative estimate of drug-likeness (QED) is 0.847. The summed E-state index contributed by atoms with van der Waals surface area (Å²) in [5.74, 6) is 0.493. The minimum Gasteiger partial charge on any atom is -0.376 e. The van der Waals surface area contributed by atoms with E-state index in [0.717, 1.165) is 6.42 Å². The molecule has 0 unspecified atom stereocenters. The molecule has 0 spiro atoms. The van der Waals surface area contributed by atoms with Gasteiger partial charge >= 0.3 is 0 Å². The summed E-state index contributed by atoms with van der Waals surface area (Å²) < 4.78 is 5.86. The predicted octanol–water partition coefficient (Wildman–Crippen LogP) is 2.88. The Morgan fingerprint density at radius 2 is 2.05 bits per heavy atom. The monoisotopic (exact) mass is 286 g/mol. The average molecular weight is 286 g/mol. The molecule has 0 aliphatic heterocycles. The van der Waals surface area contributed by atoms with E-state index in [2.05, 4.69) is 12.2 Å². The van der Waals surface area contributed by atoms with E-state index in [1.807, 2.05) is 6.07 Å². The second kappa shape index (κ2) is 7.80. The highest BCUT2D eigenvalue weighted by atomic mass is 16.5. The molecule has 1 aromatic carbocycles. The van der Waals surface area contributed by atoms with Crippen LogP contribution in [0.3, 0.4) is 0 Å². The van der Waals surface area contributed by atoms with E-state index >= 15 is 0 Å². The molecule has 2 rings (SSSR count). The molecule has 1 amide bonds. The molecular formula is C17H22N2O2. The third kappa shape index (κ3) is 4.57. The lowest BCUT2D eigenvalue weighted by Crippen LogP contribution is -2.31. The van der Waals surface area contributed by atoms with E-state index in [0.29, 0.717) is 36.3 Å². The summed E-state index contributed by atoms with van der Waals surface area (Å²) in [6, 6.07) is 8.66. The van der Waals surface area contributed by atoms with Crippen molar-refractivity contribution in [2.24, 2.45) is 5.92 Å². The second-order valence-corrected chi connectivity index (χ2v) is 5.62. The van der Waals surface area contributed by atoms with E-state index in [-0.39, 0.29) is 5.91 Å². The van der Waals surface area contributed by atoms with Gasteiger partial charge in [0.05, 0.1) is 24.3 Å². The number of ether oxygens (including phenoxy) is 1. The molecule has 0 bridgehead atoms. The maximum Gasteiger partial charge on any atom is 0.251 e. The van der Waals surface area contributed by atoms with Gasteiger partial charge in [-0.05, 0) is 43.0 Å². The summed E-state index contributed by atoms with van der Waals surface area (Å²) in [6.45, 7) is 3.30. The second-order valence-electron chi connectivity index (χ2n) is 5.62. The van der Waals surface area contributed by atoms with Gasteiger partial charge in [-0.25, -0.2) is 0 Å². The fourth-order valence-electron chi connectivity index (χ4n) is 2.70. The van der Waals surface area contributed by atoms with Crippen LogP contribution in [0.2, 0.25) is 0 Å². The maximum atomic E-state index is 11.9. The number of hydrogen-bond acceptors (Lipinski definition) is 3. The number of carbonyl (C=O) groups is 1. The fraction of sp³-hybridized carbons (Fsp3) is 0.529. The van der Waals surface area contributed by atoms with E-state index in [1.54, 1.807) is 24.3 Å². The van der Waals surface area contributed by atoms with Gasteiger partial charge in [0.15, 0.2) is 0 Å². The molecule has 4 nitrogen and oxygen atoms in total. The van der Waals surface area contributed by atoms with Crippen LogP contribution in [0.15, 0.2) is 24.3 Å². The first-order chi connectivity index (χ1) is 10.2. The minimum absolute atomic E-state index is 0.125. The number of rotatable bonds is 5. The molecule has 4 heteroatoms. The van der Waals surface area contributed by atoms with Crippen LogP contribution in [-0.2, 0) is 4.74 Å². The first kappa shape index (κ1) is 15.5. The molecule has 2 atom stereocenters. The van der Waals surface area contributed by atoms with Crippen LogP contribution in [-0.4, -0.2) is 25.2 Å². The van der Waals surface area contributed by atoms with Crippen molar-refractivity contribution in [1.82, 2.24) is 5.32 Å². The van der Waals surface area contributed by atoms with Gasteiger partial charge in [-0.15, -0.1) is 0 Å². The van der Waals surface area contributed by atoms with Crippen LogP contribution >= 0.6 is 0 Å². The van der Waals surface area contributed by atoms with Gasteiger partial charge in [0.2, 0.25) is 0 Å². The van der Waals surface area contributed by atoms with E-state index in [4.69, 9.17) is 10.00 Å². The Hall–Kier alpha value is -1.86. The van der Waals surface area contributed by atoms with Crippen molar-refractivity contribution in [3.63, 3.8) is 0 Å². The van der Waals surface area contributed by atoms with Crippen molar-refractivity contribution in [3.8, 4) is 6.07 Å². The zero-order valence-electron chi connectivity index (χ0n) is 12.5. The lowest BCUT2D eigenvalue weighted by atomic mass is 9.88. The molecule has 0 heterocycles. The smallest absolute Gasteiger partial charge is 0.251 e. The summed E-state index contributed by atoms with van der Waals surface area (Å²) in [7, 11) is 0. The number of nitrogens with one attached hydrogen (secondary N) is 1. The molecule has 1 aliphatic carbocycles. The first-order valence-corrected chi connectivity index (χ1v) is 7.60. The Morgan fingerprint density at radius 3 is 2.71 bits per heavy atom. The number of nitrogens with zero attached hydrogens (tertiary/aromatic N) is 1. The van der Waals surface area contributed by atoms with E-state index in [1.165, 1.54) is 19.3 Å². The highest BCUT2D eigenvalue weighted by Crippen LogP contribution is 2.25. The van der Waals surface area contributed by atoms with Crippen LogP contribution in [0.4, 0.5) is 0 Å². The molecule has 0 aromatic heterocycles.